The molecule has 21 heavy (non-hydrogen) atoms. The van der Waals surface area contributed by atoms with E-state index in [1.165, 1.54) is 0 Å². The summed E-state index contributed by atoms with van der Waals surface area (Å²) in [5.74, 6) is 1.24. The van der Waals surface area contributed by atoms with Gasteiger partial charge in [0.1, 0.15) is 11.5 Å². The van der Waals surface area contributed by atoms with Crippen molar-refractivity contribution < 1.29 is 9.84 Å². The number of benzene rings is 2. The monoisotopic (exact) mass is 285 g/mol. The van der Waals surface area contributed by atoms with Crippen molar-refractivity contribution in [1.29, 1.82) is 0 Å². The van der Waals surface area contributed by atoms with Crippen molar-refractivity contribution in [1.82, 2.24) is 5.32 Å². The minimum atomic E-state index is 0.335. The molecule has 2 aromatic rings. The fourth-order valence-electron chi connectivity index (χ4n) is 2.24. The summed E-state index contributed by atoms with van der Waals surface area (Å²) in [7, 11) is 1.96. The van der Waals surface area contributed by atoms with Crippen LogP contribution < -0.4 is 10.1 Å². The lowest BCUT2D eigenvalue weighted by atomic mass is 10.0. The van der Waals surface area contributed by atoms with Gasteiger partial charge in [0, 0.05) is 6.42 Å². The summed E-state index contributed by atoms with van der Waals surface area (Å²) in [5, 5.41) is 13.0. The van der Waals surface area contributed by atoms with Gasteiger partial charge in [-0.25, -0.2) is 0 Å². The van der Waals surface area contributed by atoms with Gasteiger partial charge in [0.15, 0.2) is 0 Å². The Labute approximate surface area is 126 Å². The number of unbranched alkanes of at least 4 members (excludes halogenated alkanes) is 1. The third-order valence-electron chi connectivity index (χ3n) is 3.42. The highest BCUT2D eigenvalue weighted by Crippen LogP contribution is 2.25. The number of aromatic hydroxyl groups is 1. The summed E-state index contributed by atoms with van der Waals surface area (Å²) < 4.78 is 5.89. The minimum absolute atomic E-state index is 0.335. The minimum Gasteiger partial charge on any atom is -0.508 e. The molecule has 3 heteroatoms. The van der Waals surface area contributed by atoms with Gasteiger partial charge >= 0.3 is 0 Å². The molecule has 0 amide bonds. The van der Waals surface area contributed by atoms with Gasteiger partial charge in [0.25, 0.3) is 0 Å². The molecule has 2 aromatic carbocycles. The van der Waals surface area contributed by atoms with E-state index in [2.05, 4.69) is 11.4 Å². The summed E-state index contributed by atoms with van der Waals surface area (Å²) >= 11 is 0. The van der Waals surface area contributed by atoms with Crippen LogP contribution in [-0.2, 0) is 6.42 Å². The van der Waals surface area contributed by atoms with Crippen LogP contribution in [0.1, 0.15) is 24.0 Å². The molecule has 0 atom stereocenters. The van der Waals surface area contributed by atoms with E-state index in [9.17, 15) is 5.11 Å². The number of ether oxygens (including phenoxy) is 1. The third kappa shape index (κ3) is 4.80. The second-order valence-electron chi connectivity index (χ2n) is 5.07. The van der Waals surface area contributed by atoms with Gasteiger partial charge in [-0.1, -0.05) is 36.4 Å². The maximum Gasteiger partial charge on any atom is 0.122 e. The molecule has 0 saturated carbocycles. The molecule has 0 aliphatic carbocycles. The highest BCUT2D eigenvalue weighted by Gasteiger charge is 2.07. The third-order valence-corrected chi connectivity index (χ3v) is 3.42. The number of rotatable bonds is 8. The molecule has 2 N–H and O–H groups in total. The second-order valence-corrected chi connectivity index (χ2v) is 5.07. The zero-order valence-electron chi connectivity index (χ0n) is 12.5. The summed E-state index contributed by atoms with van der Waals surface area (Å²) in [5.41, 5.74) is 2.02. The Bertz CT molecular complexity index is 554. The van der Waals surface area contributed by atoms with Crippen molar-refractivity contribution in [2.75, 3.05) is 20.2 Å². The highest BCUT2D eigenvalue weighted by molar-refractivity contribution is 5.41. The molecular formula is C18H23NO2. The molecule has 0 fully saturated rings. The van der Waals surface area contributed by atoms with Gasteiger partial charge < -0.3 is 15.2 Å². The van der Waals surface area contributed by atoms with E-state index in [1.807, 2.05) is 43.4 Å². The van der Waals surface area contributed by atoms with Crippen molar-refractivity contribution in [3.63, 3.8) is 0 Å². The normalized spacial score (nSPS) is 10.5. The Balaban J connectivity index is 1.98. The van der Waals surface area contributed by atoms with Crippen molar-refractivity contribution in [2.24, 2.45) is 0 Å². The zero-order valence-corrected chi connectivity index (χ0v) is 12.5. The molecule has 0 aromatic heterocycles. The maximum absolute atomic E-state index is 9.89. The molecular weight excluding hydrogens is 262 g/mol. The zero-order chi connectivity index (χ0) is 14.9. The average Bonchev–Trinajstić information content (AvgIpc) is 2.51. The van der Waals surface area contributed by atoms with Crippen LogP contribution in [0.3, 0.4) is 0 Å². The molecule has 3 nitrogen and oxygen atoms in total. The van der Waals surface area contributed by atoms with Crippen LogP contribution in [0.15, 0.2) is 48.5 Å². The van der Waals surface area contributed by atoms with Crippen molar-refractivity contribution in [2.45, 2.75) is 19.3 Å². The quantitative estimate of drug-likeness (QED) is 0.731. The van der Waals surface area contributed by atoms with E-state index in [1.54, 1.807) is 6.07 Å². The molecule has 0 heterocycles. The van der Waals surface area contributed by atoms with Crippen molar-refractivity contribution in [3.05, 3.63) is 59.7 Å². The van der Waals surface area contributed by atoms with Gasteiger partial charge in [-0.05, 0) is 49.7 Å². The van der Waals surface area contributed by atoms with Gasteiger partial charge in [-0.3, -0.25) is 0 Å². The summed E-state index contributed by atoms with van der Waals surface area (Å²) in [4.78, 5) is 0. The van der Waals surface area contributed by atoms with E-state index >= 15 is 0 Å². The number of hydrogen-bond acceptors (Lipinski definition) is 3. The molecule has 0 aliphatic heterocycles. The van der Waals surface area contributed by atoms with Gasteiger partial charge in [-0.2, -0.15) is 0 Å². The Morgan fingerprint density at radius 2 is 1.67 bits per heavy atom. The first-order valence-corrected chi connectivity index (χ1v) is 7.43. The van der Waals surface area contributed by atoms with Crippen molar-refractivity contribution >= 4 is 0 Å². The Morgan fingerprint density at radius 3 is 2.43 bits per heavy atom. The molecule has 0 radical (unpaired) electrons. The molecule has 0 spiro atoms. The van der Waals surface area contributed by atoms with Crippen molar-refractivity contribution in [3.8, 4) is 11.5 Å². The Hall–Kier alpha value is -2.00. The predicted molar refractivity (Wildman–Crippen MR) is 86.0 cm³/mol. The standard InChI is InChI=1S/C18H23NO2/c1-19-12-6-7-13-21-18-11-5-3-9-16(18)14-15-8-2-4-10-17(15)20/h2-5,8-11,19-20H,6-7,12-14H2,1H3. The smallest absolute Gasteiger partial charge is 0.122 e. The van der Waals surface area contributed by atoms with E-state index in [4.69, 9.17) is 4.74 Å². The van der Waals surface area contributed by atoms with E-state index in [0.717, 1.165) is 42.9 Å². The number of phenolic OH excluding ortho intramolecular Hbond substituents is 1. The lowest BCUT2D eigenvalue weighted by Crippen LogP contribution is -2.09. The molecule has 112 valence electrons. The molecule has 0 bridgehead atoms. The fraction of sp³-hybridized carbons (Fsp3) is 0.333. The van der Waals surface area contributed by atoms with E-state index < -0.39 is 0 Å². The van der Waals surface area contributed by atoms with Gasteiger partial charge in [0.05, 0.1) is 6.61 Å². The fourth-order valence-corrected chi connectivity index (χ4v) is 2.24. The number of para-hydroxylation sites is 2. The number of hydrogen-bond donors (Lipinski definition) is 2. The Kier molecular flexibility index (Phi) is 6.10. The molecule has 2 rings (SSSR count). The van der Waals surface area contributed by atoms with Crippen LogP contribution in [0, 0.1) is 0 Å². The topological polar surface area (TPSA) is 41.5 Å². The van der Waals surface area contributed by atoms with Crippen LogP contribution in [0.4, 0.5) is 0 Å². The van der Waals surface area contributed by atoms with Gasteiger partial charge in [-0.15, -0.1) is 0 Å². The van der Waals surface area contributed by atoms with Crippen LogP contribution in [0.25, 0.3) is 0 Å². The second kappa shape index (κ2) is 8.32. The lowest BCUT2D eigenvalue weighted by Gasteiger charge is -2.12. The van der Waals surface area contributed by atoms with Crippen LogP contribution >= 0.6 is 0 Å². The first-order valence-electron chi connectivity index (χ1n) is 7.43. The first kappa shape index (κ1) is 15.4. The first-order chi connectivity index (χ1) is 10.3. The van der Waals surface area contributed by atoms with Crippen LogP contribution in [0.2, 0.25) is 0 Å². The Morgan fingerprint density at radius 1 is 0.952 bits per heavy atom. The predicted octanol–water partition coefficient (Wildman–Crippen LogP) is 3.36. The van der Waals surface area contributed by atoms with Gasteiger partial charge in [0.2, 0.25) is 0 Å². The summed E-state index contributed by atoms with van der Waals surface area (Å²) in [6, 6.07) is 15.5. The summed E-state index contributed by atoms with van der Waals surface area (Å²) in [6.45, 7) is 1.74. The SMILES string of the molecule is CNCCCCOc1ccccc1Cc1ccccc1O. The van der Waals surface area contributed by atoms with E-state index in [-0.39, 0.29) is 0 Å². The molecule has 0 unspecified atom stereocenters. The average molecular weight is 285 g/mol. The number of nitrogens with one attached hydrogen (secondary N) is 1. The molecule has 0 saturated heterocycles. The summed E-state index contributed by atoms with van der Waals surface area (Å²) in [6.07, 6.45) is 2.82. The lowest BCUT2D eigenvalue weighted by molar-refractivity contribution is 0.304. The largest absolute Gasteiger partial charge is 0.508 e. The van der Waals surface area contributed by atoms with Crippen LogP contribution in [0.5, 0.6) is 11.5 Å². The molecule has 0 aliphatic rings. The maximum atomic E-state index is 9.89. The van der Waals surface area contributed by atoms with Crippen LogP contribution in [-0.4, -0.2) is 25.3 Å². The number of phenols is 1. The van der Waals surface area contributed by atoms with E-state index in [0.29, 0.717) is 12.2 Å². The highest BCUT2D eigenvalue weighted by atomic mass is 16.5.